The molecule has 0 atom stereocenters. The SMILES string of the molecule is OB(O)Cc1ccccn1. The first kappa shape index (κ1) is 7.24. The number of aromatic nitrogens is 1. The molecule has 0 saturated heterocycles. The minimum Gasteiger partial charge on any atom is -0.427 e. The Balaban J connectivity index is 2.59. The second-order valence-corrected chi connectivity index (χ2v) is 2.01. The van der Waals surface area contributed by atoms with E-state index < -0.39 is 7.12 Å². The summed E-state index contributed by atoms with van der Waals surface area (Å²) in [7, 11) is -1.30. The van der Waals surface area contributed by atoms with Gasteiger partial charge in [0, 0.05) is 18.2 Å². The molecule has 0 unspecified atom stereocenters. The summed E-state index contributed by atoms with van der Waals surface area (Å²) in [5, 5.41) is 17.0. The average molecular weight is 137 g/mol. The van der Waals surface area contributed by atoms with Gasteiger partial charge >= 0.3 is 7.12 Å². The molecule has 52 valence electrons. The van der Waals surface area contributed by atoms with E-state index in [1.165, 1.54) is 0 Å². The first-order valence-corrected chi connectivity index (χ1v) is 3.05. The zero-order valence-electron chi connectivity index (χ0n) is 5.44. The Labute approximate surface area is 59.5 Å². The molecule has 0 bridgehead atoms. The van der Waals surface area contributed by atoms with Gasteiger partial charge in [-0.15, -0.1) is 0 Å². The minimum atomic E-state index is -1.30. The number of rotatable bonds is 2. The van der Waals surface area contributed by atoms with Crippen molar-refractivity contribution in [2.75, 3.05) is 0 Å². The van der Waals surface area contributed by atoms with E-state index >= 15 is 0 Å². The van der Waals surface area contributed by atoms with Gasteiger partial charge in [-0.1, -0.05) is 6.07 Å². The Morgan fingerprint density at radius 3 is 2.70 bits per heavy atom. The monoisotopic (exact) mass is 137 g/mol. The minimum absolute atomic E-state index is 0.195. The van der Waals surface area contributed by atoms with Crippen LogP contribution < -0.4 is 0 Å². The van der Waals surface area contributed by atoms with Gasteiger partial charge in [-0.25, -0.2) is 0 Å². The van der Waals surface area contributed by atoms with Gasteiger partial charge < -0.3 is 10.0 Å². The Hall–Kier alpha value is -0.865. The van der Waals surface area contributed by atoms with Crippen LogP contribution in [0.25, 0.3) is 0 Å². The smallest absolute Gasteiger partial charge is 0.427 e. The molecule has 4 heteroatoms. The lowest BCUT2D eigenvalue weighted by Gasteiger charge is -1.95. The van der Waals surface area contributed by atoms with Crippen molar-refractivity contribution in [1.29, 1.82) is 0 Å². The molecule has 10 heavy (non-hydrogen) atoms. The molecular formula is C6H8BNO2. The van der Waals surface area contributed by atoms with Crippen molar-refractivity contribution in [1.82, 2.24) is 4.98 Å². The fraction of sp³-hybridized carbons (Fsp3) is 0.167. The molecule has 1 heterocycles. The molecule has 0 fully saturated rings. The van der Waals surface area contributed by atoms with Crippen molar-refractivity contribution >= 4 is 7.12 Å². The molecule has 0 spiro atoms. The Morgan fingerprint density at radius 1 is 1.40 bits per heavy atom. The maximum absolute atomic E-state index is 8.52. The molecule has 1 aromatic rings. The van der Waals surface area contributed by atoms with Crippen LogP contribution in [0.4, 0.5) is 0 Å². The summed E-state index contributed by atoms with van der Waals surface area (Å²) in [5.41, 5.74) is 0.692. The number of hydrogen-bond acceptors (Lipinski definition) is 3. The molecule has 1 rings (SSSR count). The highest BCUT2D eigenvalue weighted by Crippen LogP contribution is 1.94. The third-order valence-corrected chi connectivity index (χ3v) is 1.12. The highest BCUT2D eigenvalue weighted by molar-refractivity contribution is 6.40. The Kier molecular flexibility index (Phi) is 2.42. The van der Waals surface area contributed by atoms with Gasteiger partial charge in [0.15, 0.2) is 0 Å². The van der Waals surface area contributed by atoms with E-state index in [4.69, 9.17) is 10.0 Å². The zero-order valence-corrected chi connectivity index (χ0v) is 5.44. The van der Waals surface area contributed by atoms with Crippen molar-refractivity contribution in [3.05, 3.63) is 30.1 Å². The van der Waals surface area contributed by atoms with Gasteiger partial charge in [0.1, 0.15) is 0 Å². The van der Waals surface area contributed by atoms with E-state index in [0.717, 1.165) is 0 Å². The highest BCUT2D eigenvalue weighted by Gasteiger charge is 2.07. The second kappa shape index (κ2) is 3.34. The van der Waals surface area contributed by atoms with Crippen LogP contribution in [0, 0.1) is 0 Å². The lowest BCUT2D eigenvalue weighted by atomic mass is 9.84. The van der Waals surface area contributed by atoms with Crippen LogP contribution in [0.5, 0.6) is 0 Å². The molecule has 0 aliphatic rings. The zero-order chi connectivity index (χ0) is 7.40. The predicted molar refractivity (Wildman–Crippen MR) is 38.1 cm³/mol. The lowest BCUT2D eigenvalue weighted by molar-refractivity contribution is 0.404. The molecule has 0 aromatic carbocycles. The topological polar surface area (TPSA) is 53.4 Å². The fourth-order valence-corrected chi connectivity index (χ4v) is 0.706. The molecule has 2 N–H and O–H groups in total. The summed E-state index contributed by atoms with van der Waals surface area (Å²) in [5.74, 6) is 0. The van der Waals surface area contributed by atoms with Crippen molar-refractivity contribution in [3.8, 4) is 0 Å². The Bertz CT molecular complexity index is 190. The van der Waals surface area contributed by atoms with Crippen molar-refractivity contribution < 1.29 is 10.0 Å². The number of nitrogens with zero attached hydrogens (tertiary/aromatic N) is 1. The van der Waals surface area contributed by atoms with Crippen LogP contribution >= 0.6 is 0 Å². The lowest BCUT2D eigenvalue weighted by Crippen LogP contribution is -2.15. The number of pyridine rings is 1. The summed E-state index contributed by atoms with van der Waals surface area (Å²) in [6.45, 7) is 0. The molecule has 1 aromatic heterocycles. The van der Waals surface area contributed by atoms with Crippen LogP contribution in [0.15, 0.2) is 24.4 Å². The molecule has 3 nitrogen and oxygen atoms in total. The van der Waals surface area contributed by atoms with Gasteiger partial charge in [-0.2, -0.15) is 0 Å². The first-order valence-electron chi connectivity index (χ1n) is 3.05. The third kappa shape index (κ3) is 2.17. The van der Waals surface area contributed by atoms with Crippen molar-refractivity contribution in [2.24, 2.45) is 0 Å². The standard InChI is InChI=1S/C6H8BNO2/c9-7(10)5-6-3-1-2-4-8-6/h1-4,9-10H,5H2. The van der Waals surface area contributed by atoms with E-state index in [-0.39, 0.29) is 6.32 Å². The average Bonchev–Trinajstić information content (AvgIpc) is 1.88. The quantitative estimate of drug-likeness (QED) is 0.547. The van der Waals surface area contributed by atoms with Gasteiger partial charge in [0.2, 0.25) is 0 Å². The summed E-state index contributed by atoms with van der Waals surface area (Å²) in [6.07, 6.45) is 1.82. The molecule has 0 radical (unpaired) electrons. The second-order valence-electron chi connectivity index (χ2n) is 2.01. The summed E-state index contributed by atoms with van der Waals surface area (Å²) >= 11 is 0. The Morgan fingerprint density at radius 2 is 2.20 bits per heavy atom. The molecule has 0 amide bonds. The van der Waals surface area contributed by atoms with Crippen molar-refractivity contribution in [2.45, 2.75) is 6.32 Å². The normalized spacial score (nSPS) is 9.40. The van der Waals surface area contributed by atoms with Crippen LogP contribution in [0.1, 0.15) is 5.69 Å². The largest absolute Gasteiger partial charge is 0.457 e. The summed E-state index contributed by atoms with van der Waals surface area (Å²) in [4.78, 5) is 3.90. The summed E-state index contributed by atoms with van der Waals surface area (Å²) in [6, 6.07) is 5.34. The van der Waals surface area contributed by atoms with Gasteiger partial charge in [0.05, 0.1) is 0 Å². The van der Waals surface area contributed by atoms with E-state index in [1.807, 2.05) is 6.07 Å². The van der Waals surface area contributed by atoms with E-state index in [9.17, 15) is 0 Å². The van der Waals surface area contributed by atoms with Gasteiger partial charge in [-0.05, 0) is 12.1 Å². The highest BCUT2D eigenvalue weighted by atomic mass is 16.4. The molecule has 0 aliphatic heterocycles. The fourth-order valence-electron chi connectivity index (χ4n) is 0.706. The molecular weight excluding hydrogens is 129 g/mol. The van der Waals surface area contributed by atoms with Gasteiger partial charge in [-0.3, -0.25) is 4.98 Å². The van der Waals surface area contributed by atoms with Gasteiger partial charge in [0.25, 0.3) is 0 Å². The van der Waals surface area contributed by atoms with E-state index in [2.05, 4.69) is 4.98 Å². The molecule has 0 saturated carbocycles. The predicted octanol–water partition coefficient (Wildman–Crippen LogP) is -0.364. The number of hydrogen-bond donors (Lipinski definition) is 2. The maximum atomic E-state index is 8.52. The van der Waals surface area contributed by atoms with E-state index in [1.54, 1.807) is 18.3 Å². The molecule has 0 aliphatic carbocycles. The van der Waals surface area contributed by atoms with Crippen LogP contribution in [-0.4, -0.2) is 22.2 Å². The van der Waals surface area contributed by atoms with Crippen LogP contribution in [0.3, 0.4) is 0 Å². The van der Waals surface area contributed by atoms with Crippen molar-refractivity contribution in [3.63, 3.8) is 0 Å². The third-order valence-electron chi connectivity index (χ3n) is 1.12. The van der Waals surface area contributed by atoms with Crippen LogP contribution in [0.2, 0.25) is 0 Å². The van der Waals surface area contributed by atoms with E-state index in [0.29, 0.717) is 5.69 Å². The maximum Gasteiger partial charge on any atom is 0.457 e. The van der Waals surface area contributed by atoms with Crippen LogP contribution in [-0.2, 0) is 6.32 Å². The summed E-state index contributed by atoms with van der Waals surface area (Å²) < 4.78 is 0. The first-order chi connectivity index (χ1) is 4.79.